The number of likely N-dealkylation sites (tertiary alicyclic amines) is 1. The fourth-order valence-corrected chi connectivity index (χ4v) is 8.82. The van der Waals surface area contributed by atoms with Gasteiger partial charge in [0.05, 0.1) is 11.8 Å². The Hall–Kier alpha value is -7.44. The maximum absolute atomic E-state index is 13.0. The summed E-state index contributed by atoms with van der Waals surface area (Å²) in [5.74, 6) is -5.76. The van der Waals surface area contributed by atoms with Crippen molar-refractivity contribution in [3.8, 4) is 22.6 Å². The third kappa shape index (κ3) is 17.0. The monoisotopic (exact) mass is 1060 g/mol. The number of aliphatic hydroxyl groups excluding tert-OH is 1. The molecule has 406 valence electrons. The van der Waals surface area contributed by atoms with Crippen molar-refractivity contribution < 1.29 is 85.4 Å². The van der Waals surface area contributed by atoms with Crippen molar-refractivity contribution in [3.63, 3.8) is 0 Å². The first kappa shape index (κ1) is 58.4. The Morgan fingerprint density at radius 2 is 1.43 bits per heavy atom. The lowest BCUT2D eigenvalue weighted by Crippen LogP contribution is -2.56. The molecule has 2 aliphatic heterocycles. The summed E-state index contributed by atoms with van der Waals surface area (Å²) in [5.41, 5.74) is 5.05. The number of nitrogens with zero attached hydrogens (tertiary/aromatic N) is 3. The number of carboxylic acid groups (broad SMARTS) is 3. The Balaban J connectivity index is 0.000000653. The second-order valence-corrected chi connectivity index (χ2v) is 18.2. The van der Waals surface area contributed by atoms with E-state index in [1.807, 2.05) is 85.9 Å². The van der Waals surface area contributed by atoms with Crippen molar-refractivity contribution in [1.82, 2.24) is 15.1 Å². The Morgan fingerprint density at radius 1 is 0.827 bits per heavy atom. The molecule has 0 unspecified atom stereocenters. The molecular formula is C51H58F6N6O12. The number of amides is 4. The molecule has 18 nitrogen and oxygen atoms in total. The number of halogens is 6. The first-order valence-corrected chi connectivity index (χ1v) is 23.7. The fraction of sp³-hybridized carbons (Fsp3) is 0.412. The normalized spacial score (nSPS) is 15.4. The van der Waals surface area contributed by atoms with Gasteiger partial charge in [-0.2, -0.15) is 26.3 Å². The fourth-order valence-electron chi connectivity index (χ4n) is 8.82. The van der Waals surface area contributed by atoms with Gasteiger partial charge >= 0.3 is 30.4 Å². The second-order valence-electron chi connectivity index (χ2n) is 18.2. The van der Waals surface area contributed by atoms with Crippen LogP contribution >= 0.6 is 0 Å². The first-order chi connectivity index (χ1) is 35.4. The maximum Gasteiger partial charge on any atom is 0.490 e. The minimum atomic E-state index is -5.08. The number of alkyl halides is 6. The molecule has 24 heteroatoms. The number of hydrogen-bond acceptors (Lipinski definition) is 11. The molecule has 4 amide bonds. The molecule has 1 saturated heterocycles. The van der Waals surface area contributed by atoms with Crippen molar-refractivity contribution in [2.45, 2.75) is 82.4 Å². The average Bonchev–Trinajstić information content (AvgIpc) is 3.35. The standard InChI is InChI=1S/C47H56N6O8.2C2HF3O2/c1-51(23-8-7-13-41(56)49-34-16-14-32(15-17-34)29-48-30-40(55)37-18-19-39(54)44-45(37)61-31-42(57)50-44)43(58)20-24-52-25-21-47(22-26-52)27-35(28-47)53(46(59)60)38-12-6-5-11-36(38)33-9-3-2-4-10-33;2*3-2(4,5)1(6)7/h2-6,9-12,14-19,35,40,48,54-55H,7-8,13,20-31H2,1H3,(H,49,56)(H,50,57)(H,59,60);2*(H,6,7)/t40-;;/m0../s1. The number of piperidine rings is 1. The number of aromatic hydroxyl groups is 1. The Bertz CT molecular complexity index is 2580. The summed E-state index contributed by atoms with van der Waals surface area (Å²) in [6.45, 7) is 3.57. The SMILES string of the molecule is CN(CCCCC(=O)Nc1ccc(CNC[C@H](O)c2ccc(O)c3c2OCC(=O)N3)cc1)C(=O)CCN1CCC2(CC1)CC(N(C(=O)O)c1ccccc1-c1ccccc1)C2.O=C(O)C(F)(F)F.O=C(O)C(F)(F)F. The number of anilines is 3. The molecule has 0 radical (unpaired) electrons. The molecule has 4 aromatic rings. The van der Waals surface area contributed by atoms with Gasteiger partial charge in [0.25, 0.3) is 5.91 Å². The van der Waals surface area contributed by atoms with E-state index in [4.69, 9.17) is 24.5 Å². The third-order valence-electron chi connectivity index (χ3n) is 12.8. The largest absolute Gasteiger partial charge is 0.506 e. The highest BCUT2D eigenvalue weighted by atomic mass is 19.4. The quantitative estimate of drug-likeness (QED) is 0.0285. The number of phenols is 1. The summed E-state index contributed by atoms with van der Waals surface area (Å²) in [6.07, 6.45) is -6.16. The van der Waals surface area contributed by atoms with E-state index in [0.29, 0.717) is 50.1 Å². The van der Waals surface area contributed by atoms with Gasteiger partial charge in [-0.1, -0.05) is 60.7 Å². The van der Waals surface area contributed by atoms with E-state index >= 15 is 0 Å². The van der Waals surface area contributed by atoms with Crippen LogP contribution in [0.4, 0.5) is 48.2 Å². The number of ether oxygens (including phenoxy) is 1. The Morgan fingerprint density at radius 3 is 2.03 bits per heavy atom. The number of carboxylic acids is 2. The molecule has 7 rings (SSSR count). The summed E-state index contributed by atoms with van der Waals surface area (Å²) in [4.78, 5) is 73.3. The summed E-state index contributed by atoms with van der Waals surface area (Å²) >= 11 is 0. The van der Waals surface area contributed by atoms with Gasteiger partial charge in [0.1, 0.15) is 11.4 Å². The third-order valence-corrected chi connectivity index (χ3v) is 12.8. The van der Waals surface area contributed by atoms with Gasteiger partial charge in [-0.15, -0.1) is 0 Å². The average molecular weight is 1060 g/mol. The number of hydrogen-bond donors (Lipinski definition) is 8. The van der Waals surface area contributed by atoms with Crippen molar-refractivity contribution in [3.05, 3.63) is 102 Å². The smallest absolute Gasteiger partial charge is 0.490 e. The number of benzene rings is 4. The van der Waals surface area contributed by atoms with Gasteiger partial charge in [-0.05, 0) is 98.5 Å². The first-order valence-electron chi connectivity index (χ1n) is 23.7. The molecule has 0 bridgehead atoms. The summed E-state index contributed by atoms with van der Waals surface area (Å²) in [5, 5.41) is 54.1. The lowest BCUT2D eigenvalue weighted by Gasteiger charge is -2.54. The van der Waals surface area contributed by atoms with E-state index in [2.05, 4.69) is 20.9 Å². The van der Waals surface area contributed by atoms with E-state index in [-0.39, 0.29) is 59.5 Å². The minimum absolute atomic E-state index is 0.0549. The lowest BCUT2D eigenvalue weighted by molar-refractivity contribution is -0.193. The van der Waals surface area contributed by atoms with Gasteiger partial charge in [-0.25, -0.2) is 14.4 Å². The molecule has 2 fully saturated rings. The summed E-state index contributed by atoms with van der Waals surface area (Å²) in [6, 6.07) is 28.0. The zero-order valence-corrected chi connectivity index (χ0v) is 40.6. The molecule has 3 aliphatic rings. The molecule has 0 aromatic heterocycles. The van der Waals surface area contributed by atoms with Crippen LogP contribution in [0.2, 0.25) is 0 Å². The summed E-state index contributed by atoms with van der Waals surface area (Å²) < 4.78 is 68.9. The van der Waals surface area contributed by atoms with Crippen molar-refractivity contribution in [1.29, 1.82) is 0 Å². The molecule has 1 atom stereocenters. The van der Waals surface area contributed by atoms with E-state index in [0.717, 1.165) is 67.6 Å². The molecule has 2 heterocycles. The zero-order valence-electron chi connectivity index (χ0n) is 40.6. The maximum atomic E-state index is 13.0. The Kier molecular flexibility index (Phi) is 20.4. The number of para-hydroxylation sites is 1. The van der Waals surface area contributed by atoms with Crippen LogP contribution in [0.5, 0.6) is 11.5 Å². The van der Waals surface area contributed by atoms with Crippen LogP contribution in [0, 0.1) is 5.41 Å². The number of carbonyl (C=O) groups excluding carboxylic acids is 3. The van der Waals surface area contributed by atoms with Crippen LogP contribution in [0.25, 0.3) is 11.1 Å². The van der Waals surface area contributed by atoms with E-state index in [1.54, 1.807) is 15.9 Å². The van der Waals surface area contributed by atoms with Crippen LogP contribution in [0.3, 0.4) is 0 Å². The van der Waals surface area contributed by atoms with Gasteiger partial charge < -0.3 is 56.0 Å². The van der Waals surface area contributed by atoms with E-state index < -0.39 is 36.5 Å². The predicted octanol–water partition coefficient (Wildman–Crippen LogP) is 7.87. The minimum Gasteiger partial charge on any atom is -0.506 e. The molecule has 75 heavy (non-hydrogen) atoms. The van der Waals surface area contributed by atoms with Gasteiger partial charge in [0, 0.05) is 68.9 Å². The molecule has 4 aromatic carbocycles. The van der Waals surface area contributed by atoms with Gasteiger partial charge in [-0.3, -0.25) is 19.3 Å². The highest BCUT2D eigenvalue weighted by Crippen LogP contribution is 2.52. The van der Waals surface area contributed by atoms with Gasteiger partial charge in [0.2, 0.25) is 11.8 Å². The highest BCUT2D eigenvalue weighted by molar-refractivity contribution is 5.97. The molecular weight excluding hydrogens is 1000 g/mol. The summed E-state index contributed by atoms with van der Waals surface area (Å²) in [7, 11) is 1.82. The molecule has 1 aliphatic carbocycles. The van der Waals surface area contributed by atoms with Crippen LogP contribution in [-0.4, -0.2) is 136 Å². The van der Waals surface area contributed by atoms with Crippen LogP contribution in [-0.2, 0) is 30.5 Å². The molecule has 1 saturated carbocycles. The van der Waals surface area contributed by atoms with Crippen LogP contribution in [0.1, 0.15) is 68.6 Å². The number of rotatable bonds is 17. The van der Waals surface area contributed by atoms with Crippen molar-refractivity contribution >= 4 is 52.8 Å². The number of phenolic OH excluding ortho intramolecular Hbond substituents is 1. The zero-order chi connectivity index (χ0) is 55.1. The Labute approximate surface area is 426 Å². The van der Waals surface area contributed by atoms with Crippen LogP contribution in [0.15, 0.2) is 91.0 Å². The second kappa shape index (κ2) is 26.2. The van der Waals surface area contributed by atoms with E-state index in [9.17, 15) is 60.8 Å². The number of nitrogens with one attached hydrogen (secondary N) is 3. The van der Waals surface area contributed by atoms with Crippen molar-refractivity contribution in [2.75, 3.05) is 61.9 Å². The number of fused-ring (bicyclic) bond motifs is 1. The van der Waals surface area contributed by atoms with E-state index in [1.165, 1.54) is 6.07 Å². The van der Waals surface area contributed by atoms with Gasteiger partial charge in [0.15, 0.2) is 12.4 Å². The number of unbranched alkanes of at least 4 members (excludes halogenated alkanes) is 1. The molecule has 1 spiro atoms. The topological polar surface area (TPSA) is 259 Å². The molecule has 8 N–H and O–H groups in total. The van der Waals surface area contributed by atoms with Crippen LogP contribution < -0.4 is 25.6 Å². The number of aliphatic carboxylic acids is 2. The van der Waals surface area contributed by atoms with Crippen molar-refractivity contribution in [2.24, 2.45) is 5.41 Å². The lowest BCUT2D eigenvalue weighted by atomic mass is 9.60. The number of aliphatic hydroxyl groups is 1. The predicted molar refractivity (Wildman–Crippen MR) is 261 cm³/mol. The number of carbonyl (C=O) groups is 6. The highest BCUT2D eigenvalue weighted by Gasteiger charge is 2.49.